The molecular formula is C19H22N4O. The predicted octanol–water partition coefficient (Wildman–Crippen LogP) is 3.26. The van der Waals surface area contributed by atoms with E-state index < -0.39 is 0 Å². The van der Waals surface area contributed by atoms with Crippen LogP contribution in [0.4, 0.5) is 0 Å². The fourth-order valence-electron chi connectivity index (χ4n) is 2.84. The largest absolute Gasteiger partial charge is 0.496 e. The second-order valence-electron chi connectivity index (χ2n) is 5.75. The maximum Gasteiger partial charge on any atom is 0.130 e. The number of aryl methyl sites for hydroxylation is 1. The summed E-state index contributed by atoms with van der Waals surface area (Å²) >= 11 is 0. The zero-order valence-electron chi connectivity index (χ0n) is 14.2. The summed E-state index contributed by atoms with van der Waals surface area (Å²) in [6, 6.07) is 12.1. The van der Waals surface area contributed by atoms with Crippen molar-refractivity contribution in [2.45, 2.75) is 19.0 Å². The monoisotopic (exact) mass is 322 g/mol. The van der Waals surface area contributed by atoms with Crippen molar-refractivity contribution in [2.24, 2.45) is 7.05 Å². The molecule has 1 aromatic carbocycles. The molecular weight excluding hydrogens is 300 g/mol. The van der Waals surface area contributed by atoms with Crippen molar-refractivity contribution in [1.82, 2.24) is 19.9 Å². The minimum Gasteiger partial charge on any atom is -0.496 e. The minimum atomic E-state index is -0.0867. The lowest BCUT2D eigenvalue weighted by Gasteiger charge is -2.25. The summed E-state index contributed by atoms with van der Waals surface area (Å²) in [5.74, 6) is 1.78. The van der Waals surface area contributed by atoms with Crippen molar-refractivity contribution in [3.05, 3.63) is 78.1 Å². The molecule has 0 saturated heterocycles. The number of nitrogens with zero attached hydrogens (tertiary/aromatic N) is 3. The number of aromatic nitrogens is 3. The lowest BCUT2D eigenvalue weighted by atomic mass is 10.0. The van der Waals surface area contributed by atoms with Gasteiger partial charge in [-0.25, -0.2) is 4.98 Å². The Hall–Kier alpha value is -2.66. The summed E-state index contributed by atoms with van der Waals surface area (Å²) in [5, 5.41) is 3.66. The van der Waals surface area contributed by atoms with Gasteiger partial charge in [0.2, 0.25) is 0 Å². The van der Waals surface area contributed by atoms with Crippen LogP contribution in [0, 0.1) is 0 Å². The molecule has 0 bridgehead atoms. The second-order valence-corrected chi connectivity index (χ2v) is 5.75. The molecule has 0 amide bonds. The Kier molecular flexibility index (Phi) is 4.91. The molecule has 0 aliphatic heterocycles. The molecule has 0 aliphatic carbocycles. The van der Waals surface area contributed by atoms with Gasteiger partial charge < -0.3 is 9.30 Å². The first-order chi connectivity index (χ1) is 11.7. The molecule has 5 nitrogen and oxygen atoms in total. The van der Waals surface area contributed by atoms with Crippen LogP contribution in [0.15, 0.2) is 61.2 Å². The van der Waals surface area contributed by atoms with Crippen LogP contribution in [0.2, 0.25) is 0 Å². The van der Waals surface area contributed by atoms with Crippen LogP contribution in [0.25, 0.3) is 0 Å². The second kappa shape index (κ2) is 7.27. The van der Waals surface area contributed by atoms with E-state index in [0.717, 1.165) is 22.7 Å². The molecule has 0 aliphatic rings. The number of hydrogen-bond acceptors (Lipinski definition) is 4. The minimum absolute atomic E-state index is 0.0867. The highest BCUT2D eigenvalue weighted by atomic mass is 16.5. The average molecular weight is 322 g/mol. The Labute approximate surface area is 142 Å². The fourth-order valence-corrected chi connectivity index (χ4v) is 2.84. The lowest BCUT2D eigenvalue weighted by Crippen LogP contribution is -2.28. The zero-order chi connectivity index (χ0) is 16.9. The van der Waals surface area contributed by atoms with Gasteiger partial charge in [0.15, 0.2) is 0 Å². The van der Waals surface area contributed by atoms with Crippen LogP contribution in [-0.4, -0.2) is 21.6 Å². The van der Waals surface area contributed by atoms with E-state index in [0.29, 0.717) is 0 Å². The van der Waals surface area contributed by atoms with Gasteiger partial charge >= 0.3 is 0 Å². The third kappa shape index (κ3) is 3.31. The summed E-state index contributed by atoms with van der Waals surface area (Å²) in [5.41, 5.74) is 2.19. The van der Waals surface area contributed by atoms with Crippen molar-refractivity contribution < 1.29 is 4.74 Å². The van der Waals surface area contributed by atoms with E-state index in [1.807, 2.05) is 54.5 Å². The average Bonchev–Trinajstić information content (AvgIpc) is 3.06. The Bertz CT molecular complexity index is 785. The number of hydrogen-bond donors (Lipinski definition) is 1. The van der Waals surface area contributed by atoms with E-state index in [1.54, 1.807) is 13.3 Å². The summed E-state index contributed by atoms with van der Waals surface area (Å²) in [6.45, 7) is 2.13. The Morgan fingerprint density at radius 1 is 1.12 bits per heavy atom. The molecule has 1 N–H and O–H groups in total. The molecule has 0 spiro atoms. The van der Waals surface area contributed by atoms with Gasteiger partial charge in [-0.15, -0.1) is 0 Å². The maximum absolute atomic E-state index is 5.56. The van der Waals surface area contributed by atoms with E-state index in [-0.39, 0.29) is 12.1 Å². The summed E-state index contributed by atoms with van der Waals surface area (Å²) in [7, 11) is 3.69. The molecule has 24 heavy (non-hydrogen) atoms. The summed E-state index contributed by atoms with van der Waals surface area (Å²) < 4.78 is 7.59. The number of nitrogens with one attached hydrogen (secondary N) is 1. The number of rotatable bonds is 6. The topological polar surface area (TPSA) is 52.0 Å². The molecule has 124 valence electrons. The van der Waals surface area contributed by atoms with E-state index in [4.69, 9.17) is 4.74 Å². The van der Waals surface area contributed by atoms with E-state index in [2.05, 4.69) is 34.3 Å². The highest BCUT2D eigenvalue weighted by Gasteiger charge is 2.23. The normalized spacial score (nSPS) is 13.5. The van der Waals surface area contributed by atoms with Crippen molar-refractivity contribution in [3.63, 3.8) is 0 Å². The number of para-hydroxylation sites is 1. The molecule has 0 saturated carbocycles. The molecule has 3 aromatic rings. The third-order valence-electron chi connectivity index (χ3n) is 4.17. The van der Waals surface area contributed by atoms with Crippen molar-refractivity contribution >= 4 is 0 Å². The molecule has 0 radical (unpaired) electrons. The number of methoxy groups -OCH3 is 1. The molecule has 2 heterocycles. The number of pyridine rings is 1. The van der Waals surface area contributed by atoms with Crippen LogP contribution < -0.4 is 10.1 Å². The van der Waals surface area contributed by atoms with E-state index >= 15 is 0 Å². The molecule has 2 atom stereocenters. The number of imidazole rings is 1. The standard InChI is InChI=1S/C19H22N4O/c1-14(15-7-6-10-20-13-15)22-18(19-21-11-12-23(19)2)16-8-4-5-9-17(16)24-3/h4-14,18,22H,1-3H3/t14-,18+/m1/s1. The Balaban J connectivity index is 1.99. The summed E-state index contributed by atoms with van der Waals surface area (Å²) in [4.78, 5) is 8.76. The lowest BCUT2D eigenvalue weighted by molar-refractivity contribution is 0.396. The molecule has 5 heteroatoms. The predicted molar refractivity (Wildman–Crippen MR) is 93.8 cm³/mol. The summed E-state index contributed by atoms with van der Waals surface area (Å²) in [6.07, 6.45) is 7.43. The van der Waals surface area contributed by atoms with Crippen molar-refractivity contribution in [3.8, 4) is 5.75 Å². The first-order valence-electron chi connectivity index (χ1n) is 7.97. The van der Waals surface area contributed by atoms with Crippen LogP contribution in [0.3, 0.4) is 0 Å². The smallest absolute Gasteiger partial charge is 0.130 e. The van der Waals surface area contributed by atoms with Gasteiger partial charge in [0.1, 0.15) is 11.6 Å². The molecule has 0 fully saturated rings. The van der Waals surface area contributed by atoms with Gasteiger partial charge in [0.05, 0.1) is 13.2 Å². The van der Waals surface area contributed by atoms with E-state index in [1.165, 1.54) is 0 Å². The highest BCUT2D eigenvalue weighted by Crippen LogP contribution is 2.31. The first-order valence-corrected chi connectivity index (χ1v) is 7.97. The van der Waals surface area contributed by atoms with Gasteiger partial charge in [0, 0.05) is 43.4 Å². The van der Waals surface area contributed by atoms with Gasteiger partial charge in [-0.2, -0.15) is 0 Å². The van der Waals surface area contributed by atoms with E-state index in [9.17, 15) is 0 Å². The van der Waals surface area contributed by atoms with Gasteiger partial charge in [-0.05, 0) is 24.6 Å². The van der Waals surface area contributed by atoms with Crippen LogP contribution in [-0.2, 0) is 7.05 Å². The van der Waals surface area contributed by atoms with Gasteiger partial charge in [-0.1, -0.05) is 24.3 Å². The third-order valence-corrected chi connectivity index (χ3v) is 4.17. The van der Waals surface area contributed by atoms with Gasteiger partial charge in [-0.3, -0.25) is 10.3 Å². The number of ether oxygens (including phenoxy) is 1. The quantitative estimate of drug-likeness (QED) is 0.757. The Morgan fingerprint density at radius 3 is 2.62 bits per heavy atom. The van der Waals surface area contributed by atoms with Crippen LogP contribution in [0.1, 0.15) is 36.0 Å². The number of benzene rings is 1. The molecule has 2 aromatic heterocycles. The van der Waals surface area contributed by atoms with Gasteiger partial charge in [0.25, 0.3) is 0 Å². The zero-order valence-corrected chi connectivity index (χ0v) is 14.2. The first kappa shape index (κ1) is 16.2. The Morgan fingerprint density at radius 2 is 1.96 bits per heavy atom. The highest BCUT2D eigenvalue weighted by molar-refractivity contribution is 5.39. The van der Waals surface area contributed by atoms with Crippen molar-refractivity contribution in [1.29, 1.82) is 0 Å². The SMILES string of the molecule is COc1ccccc1[C@H](N[C@H](C)c1cccnc1)c1nccn1C. The maximum atomic E-state index is 5.56. The molecule has 3 rings (SSSR count). The van der Waals surface area contributed by atoms with Crippen molar-refractivity contribution in [2.75, 3.05) is 7.11 Å². The molecule has 0 unspecified atom stereocenters. The van der Waals surface area contributed by atoms with Crippen LogP contribution in [0.5, 0.6) is 5.75 Å². The fraction of sp³-hybridized carbons (Fsp3) is 0.263. The van der Waals surface area contributed by atoms with Crippen LogP contribution >= 0.6 is 0 Å².